The van der Waals surface area contributed by atoms with Gasteiger partial charge in [-0.2, -0.15) is 5.10 Å². The van der Waals surface area contributed by atoms with Gasteiger partial charge in [0.2, 0.25) is 0 Å². The molecule has 2 heterocycles. The normalized spacial score (nSPS) is 16.4. The van der Waals surface area contributed by atoms with E-state index in [1.54, 1.807) is 11.3 Å². The molecule has 1 atom stereocenters. The Morgan fingerprint density at radius 3 is 2.58 bits per heavy atom. The van der Waals surface area contributed by atoms with E-state index in [0.29, 0.717) is 18.7 Å². The number of hydrazone groups is 1. The van der Waals surface area contributed by atoms with Gasteiger partial charge in [0, 0.05) is 25.4 Å². The van der Waals surface area contributed by atoms with Gasteiger partial charge < -0.3 is 14.6 Å². The zero-order chi connectivity index (χ0) is 22.6. The van der Waals surface area contributed by atoms with Crippen molar-refractivity contribution in [2.24, 2.45) is 5.10 Å². The van der Waals surface area contributed by atoms with Crippen LogP contribution >= 0.6 is 0 Å². The average Bonchev–Trinajstić information content (AvgIpc) is 3.35. The summed E-state index contributed by atoms with van der Waals surface area (Å²) in [5.74, 6) is 0.0942. The number of carbonyl (C=O) groups excluding carboxylic acids is 2. The van der Waals surface area contributed by atoms with Gasteiger partial charge in [-0.25, -0.2) is 4.79 Å². The van der Waals surface area contributed by atoms with Crippen molar-refractivity contribution >= 4 is 23.3 Å². The number of carbonyl (C=O) groups is 2. The van der Waals surface area contributed by atoms with Crippen molar-refractivity contribution in [3.63, 3.8) is 0 Å². The molecule has 9 heteroatoms. The molecule has 0 saturated heterocycles. The van der Waals surface area contributed by atoms with Gasteiger partial charge in [-0.3, -0.25) is 9.80 Å². The number of nitrogens with one attached hydrogen (secondary N) is 1. The first-order chi connectivity index (χ1) is 14.7. The van der Waals surface area contributed by atoms with Crippen LogP contribution in [0.4, 0.5) is 5.69 Å². The third-order valence-corrected chi connectivity index (χ3v) is 4.71. The van der Waals surface area contributed by atoms with Crippen molar-refractivity contribution in [2.45, 2.75) is 65.1 Å². The monoisotopic (exact) mass is 426 g/mol. The Morgan fingerprint density at radius 2 is 1.94 bits per heavy atom. The lowest BCUT2D eigenvalue weighted by atomic mass is 10.1. The molecule has 3 rings (SSSR count). The van der Waals surface area contributed by atoms with Crippen molar-refractivity contribution in [2.75, 3.05) is 11.6 Å². The largest absolute Gasteiger partial charge is 0.458 e. The lowest BCUT2D eigenvalue weighted by molar-refractivity contribution is -0.156. The summed E-state index contributed by atoms with van der Waals surface area (Å²) in [5, 5.41) is 17.0. The first-order valence-electron chi connectivity index (χ1n) is 10.5. The number of para-hydroxylation sites is 1. The highest BCUT2D eigenvalue weighted by Gasteiger charge is 2.38. The van der Waals surface area contributed by atoms with Crippen LogP contribution in [0.2, 0.25) is 0 Å². The molecule has 0 saturated carbocycles. The predicted molar refractivity (Wildman–Crippen MR) is 118 cm³/mol. The maximum absolute atomic E-state index is 12.8. The molecule has 1 N–H and O–H groups in total. The van der Waals surface area contributed by atoms with Gasteiger partial charge >= 0.3 is 5.97 Å². The van der Waals surface area contributed by atoms with E-state index in [1.165, 1.54) is 0 Å². The third-order valence-electron chi connectivity index (χ3n) is 4.71. The average molecular weight is 427 g/mol. The maximum Gasteiger partial charge on any atom is 0.331 e. The van der Waals surface area contributed by atoms with Gasteiger partial charge in [-0.15, -0.1) is 10.2 Å². The van der Waals surface area contributed by atoms with E-state index in [4.69, 9.17) is 4.74 Å². The van der Waals surface area contributed by atoms with Crippen LogP contribution in [0.3, 0.4) is 0 Å². The fourth-order valence-corrected chi connectivity index (χ4v) is 3.29. The second-order valence-corrected chi connectivity index (χ2v) is 8.73. The SMILES string of the molecule is CC(C)n1cnnc1CCNC(=O)C1=NN(c2ccccc2)[C@@H](C(=O)OC(C)(C)C)C1. The third kappa shape index (κ3) is 5.68. The minimum absolute atomic E-state index is 0.178. The fourth-order valence-electron chi connectivity index (χ4n) is 3.29. The molecule has 1 aromatic carbocycles. The van der Waals surface area contributed by atoms with Crippen LogP contribution in [0.5, 0.6) is 0 Å². The number of amides is 1. The van der Waals surface area contributed by atoms with E-state index in [-0.39, 0.29) is 18.4 Å². The molecule has 31 heavy (non-hydrogen) atoms. The van der Waals surface area contributed by atoms with Crippen molar-refractivity contribution in [3.8, 4) is 0 Å². The molecule has 1 amide bonds. The highest BCUT2D eigenvalue weighted by molar-refractivity contribution is 6.40. The number of hydrogen-bond acceptors (Lipinski definition) is 7. The zero-order valence-electron chi connectivity index (χ0n) is 18.7. The zero-order valence-corrected chi connectivity index (χ0v) is 18.7. The molecule has 0 radical (unpaired) electrons. The molecule has 1 aliphatic heterocycles. The molecule has 2 aromatic rings. The lowest BCUT2D eigenvalue weighted by Gasteiger charge is -2.26. The molecule has 0 spiro atoms. The smallest absolute Gasteiger partial charge is 0.331 e. The molecule has 0 bridgehead atoms. The van der Waals surface area contributed by atoms with Crippen LogP contribution in [-0.2, 0) is 20.7 Å². The Hall–Kier alpha value is -3.23. The van der Waals surface area contributed by atoms with Crippen molar-refractivity contribution < 1.29 is 14.3 Å². The Bertz CT molecular complexity index is 946. The number of esters is 1. The molecule has 1 aliphatic rings. The second-order valence-electron chi connectivity index (χ2n) is 8.73. The molecule has 9 nitrogen and oxygen atoms in total. The second kappa shape index (κ2) is 9.28. The number of hydrogen-bond donors (Lipinski definition) is 1. The van der Waals surface area contributed by atoms with Gasteiger partial charge in [-0.05, 0) is 46.8 Å². The minimum Gasteiger partial charge on any atom is -0.458 e. The van der Waals surface area contributed by atoms with Crippen molar-refractivity contribution in [1.29, 1.82) is 0 Å². The number of aromatic nitrogens is 3. The maximum atomic E-state index is 12.8. The van der Waals surface area contributed by atoms with E-state index in [0.717, 1.165) is 11.5 Å². The van der Waals surface area contributed by atoms with Gasteiger partial charge in [0.15, 0.2) is 6.04 Å². The van der Waals surface area contributed by atoms with Crippen molar-refractivity contribution in [1.82, 2.24) is 20.1 Å². The van der Waals surface area contributed by atoms with Gasteiger partial charge in [0.05, 0.1) is 5.69 Å². The molecule has 166 valence electrons. The lowest BCUT2D eigenvalue weighted by Crippen LogP contribution is -2.40. The quantitative estimate of drug-likeness (QED) is 0.683. The summed E-state index contributed by atoms with van der Waals surface area (Å²) < 4.78 is 7.53. The first kappa shape index (κ1) is 22.5. The summed E-state index contributed by atoms with van der Waals surface area (Å²) >= 11 is 0. The van der Waals surface area contributed by atoms with Gasteiger partial charge in [-0.1, -0.05) is 18.2 Å². The first-order valence-corrected chi connectivity index (χ1v) is 10.5. The van der Waals surface area contributed by atoms with Crippen LogP contribution in [0, 0.1) is 0 Å². The van der Waals surface area contributed by atoms with Crippen LogP contribution in [0.25, 0.3) is 0 Å². The summed E-state index contributed by atoms with van der Waals surface area (Å²) in [6.07, 6.45) is 2.42. The molecule has 1 aromatic heterocycles. The topological polar surface area (TPSA) is 102 Å². The highest BCUT2D eigenvalue weighted by atomic mass is 16.6. The van der Waals surface area contributed by atoms with E-state index in [2.05, 4.69) is 20.6 Å². The van der Waals surface area contributed by atoms with Crippen LogP contribution in [0.1, 0.15) is 52.9 Å². The number of rotatable bonds is 7. The van der Waals surface area contributed by atoms with E-state index < -0.39 is 17.6 Å². The number of ether oxygens (including phenoxy) is 1. The predicted octanol–water partition coefficient (Wildman–Crippen LogP) is 2.49. The fraction of sp³-hybridized carbons (Fsp3) is 0.500. The summed E-state index contributed by atoms with van der Waals surface area (Å²) in [6.45, 7) is 9.94. The molecular weight excluding hydrogens is 396 g/mol. The standard InChI is InChI=1S/C22H30N6O3/c1-15(2)27-14-24-25-19(27)11-12-23-20(29)17-13-18(21(30)31-22(3,4)5)28(26-17)16-9-7-6-8-10-16/h6-10,14-15,18H,11-13H2,1-5H3,(H,23,29)/t18-/m1/s1. The number of benzene rings is 1. The molecule has 0 unspecified atom stereocenters. The molecular formula is C22H30N6O3. The number of nitrogens with zero attached hydrogens (tertiary/aromatic N) is 5. The Balaban J connectivity index is 1.69. The Labute approximate surface area is 182 Å². The Kier molecular flexibility index (Phi) is 6.72. The number of anilines is 1. The highest BCUT2D eigenvalue weighted by Crippen LogP contribution is 2.26. The summed E-state index contributed by atoms with van der Waals surface area (Å²) in [6, 6.07) is 8.86. The van der Waals surface area contributed by atoms with E-state index >= 15 is 0 Å². The van der Waals surface area contributed by atoms with Gasteiger partial charge in [0.25, 0.3) is 5.91 Å². The molecule has 0 aliphatic carbocycles. The van der Waals surface area contributed by atoms with Crippen molar-refractivity contribution in [3.05, 3.63) is 42.5 Å². The van der Waals surface area contributed by atoms with Crippen LogP contribution < -0.4 is 10.3 Å². The Morgan fingerprint density at radius 1 is 1.23 bits per heavy atom. The molecule has 0 fully saturated rings. The van der Waals surface area contributed by atoms with Crippen LogP contribution in [-0.4, -0.2) is 50.5 Å². The summed E-state index contributed by atoms with van der Waals surface area (Å²) in [5.41, 5.74) is 0.396. The van der Waals surface area contributed by atoms with Gasteiger partial charge in [0.1, 0.15) is 23.5 Å². The van der Waals surface area contributed by atoms with E-state index in [9.17, 15) is 9.59 Å². The summed E-state index contributed by atoms with van der Waals surface area (Å²) in [4.78, 5) is 25.6. The minimum atomic E-state index is -0.689. The summed E-state index contributed by atoms with van der Waals surface area (Å²) in [7, 11) is 0. The van der Waals surface area contributed by atoms with Crippen LogP contribution in [0.15, 0.2) is 41.8 Å². The van der Waals surface area contributed by atoms with E-state index in [1.807, 2.05) is 69.5 Å².